The molecule has 0 aromatic heterocycles. The van der Waals surface area contributed by atoms with Crippen molar-refractivity contribution in [3.05, 3.63) is 29.3 Å². The molecule has 0 spiro atoms. The van der Waals surface area contributed by atoms with Crippen molar-refractivity contribution < 1.29 is 4.74 Å². The lowest BCUT2D eigenvalue weighted by atomic mass is 9.85. The first-order valence-electron chi connectivity index (χ1n) is 8.33. The van der Waals surface area contributed by atoms with Crippen LogP contribution in [0.1, 0.15) is 49.3 Å². The number of nitrogens with zero attached hydrogens (tertiary/aromatic N) is 1. The number of rotatable bonds is 4. The number of fused-ring (bicyclic) bond motifs is 1. The van der Waals surface area contributed by atoms with Crippen LogP contribution in [-0.4, -0.2) is 31.6 Å². The van der Waals surface area contributed by atoms with E-state index >= 15 is 0 Å². The Bertz CT molecular complexity index is 488. The predicted octanol–water partition coefficient (Wildman–Crippen LogP) is 3.13. The van der Waals surface area contributed by atoms with Gasteiger partial charge in [-0.25, -0.2) is 0 Å². The van der Waals surface area contributed by atoms with Crippen LogP contribution in [0.5, 0.6) is 5.75 Å². The van der Waals surface area contributed by atoms with Gasteiger partial charge in [-0.2, -0.15) is 0 Å². The molecule has 116 valence electrons. The minimum Gasteiger partial charge on any atom is -0.497 e. The Balaban J connectivity index is 1.86. The molecule has 3 unspecified atom stereocenters. The Labute approximate surface area is 128 Å². The summed E-state index contributed by atoms with van der Waals surface area (Å²) < 4.78 is 5.44. The number of ether oxygens (including phenoxy) is 1. The smallest absolute Gasteiger partial charge is 0.119 e. The molecule has 2 N–H and O–H groups in total. The quantitative estimate of drug-likeness (QED) is 0.925. The summed E-state index contributed by atoms with van der Waals surface area (Å²) in [6.45, 7) is 0.826. The number of methoxy groups -OCH3 is 1. The predicted molar refractivity (Wildman–Crippen MR) is 86.6 cm³/mol. The van der Waals surface area contributed by atoms with Gasteiger partial charge >= 0.3 is 0 Å². The van der Waals surface area contributed by atoms with E-state index in [-0.39, 0.29) is 0 Å². The van der Waals surface area contributed by atoms with Gasteiger partial charge in [-0.05, 0) is 74.9 Å². The van der Waals surface area contributed by atoms with E-state index in [0.29, 0.717) is 18.0 Å². The SMILES string of the molecule is COc1ccc2c(c1)C(N(C)C1CCCC1CN)CCC2. The molecule has 1 saturated carbocycles. The van der Waals surface area contributed by atoms with Crippen LogP contribution in [0.25, 0.3) is 0 Å². The minimum atomic E-state index is 0.529. The third kappa shape index (κ3) is 2.82. The van der Waals surface area contributed by atoms with Crippen LogP contribution >= 0.6 is 0 Å². The van der Waals surface area contributed by atoms with Crippen molar-refractivity contribution >= 4 is 0 Å². The summed E-state index contributed by atoms with van der Waals surface area (Å²) in [7, 11) is 4.06. The molecular weight excluding hydrogens is 260 g/mol. The summed E-state index contributed by atoms with van der Waals surface area (Å²) in [6, 6.07) is 7.78. The molecule has 1 fully saturated rings. The third-order valence-electron chi connectivity index (χ3n) is 5.57. The summed E-state index contributed by atoms with van der Waals surface area (Å²) >= 11 is 0. The fraction of sp³-hybridized carbons (Fsp3) is 0.667. The number of aryl methyl sites for hydroxylation is 1. The summed E-state index contributed by atoms with van der Waals surface area (Å²) in [5.74, 6) is 1.65. The number of hydrogen-bond donors (Lipinski definition) is 1. The molecule has 1 aromatic rings. The lowest BCUT2D eigenvalue weighted by molar-refractivity contribution is 0.129. The van der Waals surface area contributed by atoms with E-state index in [1.807, 2.05) is 0 Å². The zero-order chi connectivity index (χ0) is 14.8. The van der Waals surface area contributed by atoms with Crippen molar-refractivity contribution in [3.63, 3.8) is 0 Å². The molecule has 1 aromatic carbocycles. The maximum Gasteiger partial charge on any atom is 0.119 e. The van der Waals surface area contributed by atoms with E-state index in [2.05, 4.69) is 30.1 Å². The van der Waals surface area contributed by atoms with E-state index in [1.165, 1.54) is 49.7 Å². The van der Waals surface area contributed by atoms with Gasteiger partial charge in [0.15, 0.2) is 0 Å². The Hall–Kier alpha value is -1.06. The molecule has 0 radical (unpaired) electrons. The van der Waals surface area contributed by atoms with E-state index < -0.39 is 0 Å². The summed E-state index contributed by atoms with van der Waals surface area (Å²) in [4.78, 5) is 2.61. The highest BCUT2D eigenvalue weighted by Gasteiger charge is 2.34. The van der Waals surface area contributed by atoms with E-state index in [1.54, 1.807) is 7.11 Å². The van der Waals surface area contributed by atoms with Gasteiger partial charge in [-0.15, -0.1) is 0 Å². The second-order valence-corrected chi connectivity index (χ2v) is 6.63. The van der Waals surface area contributed by atoms with E-state index in [9.17, 15) is 0 Å². The second kappa shape index (κ2) is 6.37. The molecular formula is C18H28N2O. The molecule has 0 aliphatic heterocycles. The standard InChI is InChI=1S/C18H28N2O/c1-20(17-7-4-6-14(17)12-19)18-8-3-5-13-9-10-15(21-2)11-16(13)18/h9-11,14,17-18H,3-8,12,19H2,1-2H3. The normalized spacial score (nSPS) is 28.7. The Morgan fingerprint density at radius 3 is 2.86 bits per heavy atom. The van der Waals surface area contributed by atoms with Crippen LogP contribution in [-0.2, 0) is 6.42 Å². The molecule has 0 saturated heterocycles. The number of nitrogens with two attached hydrogens (primary N) is 1. The van der Waals surface area contributed by atoms with Crippen molar-refractivity contribution in [2.45, 2.75) is 50.6 Å². The van der Waals surface area contributed by atoms with Crippen LogP contribution in [0.2, 0.25) is 0 Å². The highest BCUT2D eigenvalue weighted by atomic mass is 16.5. The first kappa shape index (κ1) is 14.9. The topological polar surface area (TPSA) is 38.5 Å². The van der Waals surface area contributed by atoms with Crippen molar-refractivity contribution in [1.29, 1.82) is 0 Å². The van der Waals surface area contributed by atoms with Gasteiger partial charge in [0, 0.05) is 12.1 Å². The van der Waals surface area contributed by atoms with Gasteiger partial charge < -0.3 is 10.5 Å². The number of hydrogen-bond acceptors (Lipinski definition) is 3. The molecule has 3 atom stereocenters. The highest BCUT2D eigenvalue weighted by molar-refractivity contribution is 5.39. The van der Waals surface area contributed by atoms with Crippen molar-refractivity contribution in [1.82, 2.24) is 4.90 Å². The fourth-order valence-corrected chi connectivity index (χ4v) is 4.36. The van der Waals surface area contributed by atoms with Crippen molar-refractivity contribution in [2.24, 2.45) is 11.7 Å². The zero-order valence-corrected chi connectivity index (χ0v) is 13.3. The summed E-state index contributed by atoms with van der Waals surface area (Å²) in [5.41, 5.74) is 8.96. The van der Waals surface area contributed by atoms with Crippen LogP contribution in [0, 0.1) is 5.92 Å². The maximum atomic E-state index is 5.99. The van der Waals surface area contributed by atoms with Gasteiger partial charge in [0.1, 0.15) is 5.75 Å². The van der Waals surface area contributed by atoms with Crippen LogP contribution in [0.4, 0.5) is 0 Å². The van der Waals surface area contributed by atoms with E-state index in [0.717, 1.165) is 12.3 Å². The lowest BCUT2D eigenvalue weighted by Crippen LogP contribution is -2.41. The van der Waals surface area contributed by atoms with Gasteiger partial charge in [-0.1, -0.05) is 12.5 Å². The first-order chi connectivity index (χ1) is 10.2. The molecule has 3 heteroatoms. The van der Waals surface area contributed by atoms with Gasteiger partial charge in [0.2, 0.25) is 0 Å². The maximum absolute atomic E-state index is 5.99. The molecule has 3 rings (SSSR count). The average Bonchev–Trinajstić information content (AvgIpc) is 3.01. The largest absolute Gasteiger partial charge is 0.497 e. The average molecular weight is 288 g/mol. The second-order valence-electron chi connectivity index (χ2n) is 6.63. The van der Waals surface area contributed by atoms with Crippen LogP contribution in [0.15, 0.2) is 18.2 Å². The molecule has 2 aliphatic rings. The van der Waals surface area contributed by atoms with E-state index in [4.69, 9.17) is 10.5 Å². The fourth-order valence-electron chi connectivity index (χ4n) is 4.36. The van der Waals surface area contributed by atoms with Gasteiger partial charge in [-0.3, -0.25) is 4.90 Å². The van der Waals surface area contributed by atoms with Gasteiger partial charge in [0.05, 0.1) is 7.11 Å². The molecule has 21 heavy (non-hydrogen) atoms. The molecule has 0 bridgehead atoms. The Morgan fingerprint density at radius 1 is 1.24 bits per heavy atom. The van der Waals surface area contributed by atoms with Crippen molar-refractivity contribution in [3.8, 4) is 5.75 Å². The van der Waals surface area contributed by atoms with Crippen molar-refractivity contribution in [2.75, 3.05) is 20.7 Å². The van der Waals surface area contributed by atoms with Gasteiger partial charge in [0.25, 0.3) is 0 Å². The summed E-state index contributed by atoms with van der Waals surface area (Å²) in [6.07, 6.45) is 7.67. The Kier molecular flexibility index (Phi) is 4.51. The molecule has 2 aliphatic carbocycles. The van der Waals surface area contributed by atoms with Crippen LogP contribution in [0.3, 0.4) is 0 Å². The molecule has 3 nitrogen and oxygen atoms in total. The minimum absolute atomic E-state index is 0.529. The molecule has 0 heterocycles. The third-order valence-corrected chi connectivity index (χ3v) is 5.57. The highest BCUT2D eigenvalue weighted by Crippen LogP contribution is 2.40. The lowest BCUT2D eigenvalue weighted by Gasteiger charge is -2.39. The Morgan fingerprint density at radius 2 is 2.10 bits per heavy atom. The number of benzene rings is 1. The summed E-state index contributed by atoms with van der Waals surface area (Å²) in [5, 5.41) is 0. The monoisotopic (exact) mass is 288 g/mol. The molecule has 0 amide bonds. The zero-order valence-electron chi connectivity index (χ0n) is 13.3. The van der Waals surface area contributed by atoms with Crippen LogP contribution < -0.4 is 10.5 Å². The first-order valence-corrected chi connectivity index (χ1v) is 8.33.